The predicted molar refractivity (Wildman–Crippen MR) is 111 cm³/mol. The minimum Gasteiger partial charge on any atom is -0.413 e. The zero-order valence-electron chi connectivity index (χ0n) is 17.9. The van der Waals surface area contributed by atoms with Crippen molar-refractivity contribution >= 4 is 19.9 Å². The molecule has 0 bridgehead atoms. The first-order valence-corrected chi connectivity index (χ1v) is 13.1. The van der Waals surface area contributed by atoms with Crippen LogP contribution in [0.15, 0.2) is 35.4 Å². The average Bonchev–Trinajstić information content (AvgIpc) is 3.27. The largest absolute Gasteiger partial charge is 0.413 e. The van der Waals surface area contributed by atoms with Crippen molar-refractivity contribution in [3.8, 4) is 0 Å². The van der Waals surface area contributed by atoms with Crippen LogP contribution in [0.2, 0.25) is 18.1 Å². The van der Waals surface area contributed by atoms with Crippen LogP contribution in [0, 0.1) is 5.92 Å². The third-order valence-corrected chi connectivity index (χ3v) is 11.9. The zero-order valence-corrected chi connectivity index (χ0v) is 18.9. The Balaban J connectivity index is 1.78. The molecule has 0 aromatic heterocycles. The second kappa shape index (κ2) is 5.97. The quantitative estimate of drug-likeness (QED) is 0.534. The molecule has 150 valence electrons. The number of hydrogen-bond donors (Lipinski definition) is 0. The van der Waals surface area contributed by atoms with Gasteiger partial charge in [0.25, 0.3) is 0 Å². The van der Waals surface area contributed by atoms with Crippen molar-refractivity contribution in [3.05, 3.63) is 46.5 Å². The highest BCUT2D eigenvalue weighted by Gasteiger charge is 2.65. The molecule has 1 aromatic carbocycles. The lowest BCUT2D eigenvalue weighted by Crippen LogP contribution is -2.50. The Labute approximate surface area is 168 Å². The maximum absolute atomic E-state index is 13.5. The Kier molecular flexibility index (Phi) is 4.21. The Hall–Kier alpha value is -1.56. The number of benzene rings is 1. The van der Waals surface area contributed by atoms with E-state index >= 15 is 0 Å². The number of epoxide rings is 1. The highest BCUT2D eigenvalue weighted by molar-refractivity contribution is 6.74. The molecule has 5 heteroatoms. The van der Waals surface area contributed by atoms with Gasteiger partial charge in [-0.05, 0) is 32.0 Å². The lowest BCUT2D eigenvalue weighted by atomic mass is 9.67. The van der Waals surface area contributed by atoms with E-state index < -0.39 is 13.9 Å². The maximum atomic E-state index is 13.5. The smallest absolute Gasteiger partial charge is 0.192 e. The van der Waals surface area contributed by atoms with Gasteiger partial charge in [-0.15, -0.1) is 0 Å². The van der Waals surface area contributed by atoms with Gasteiger partial charge in [0, 0.05) is 34.6 Å². The molecule has 0 amide bonds. The van der Waals surface area contributed by atoms with E-state index in [2.05, 4.69) is 40.8 Å². The van der Waals surface area contributed by atoms with E-state index in [1.165, 1.54) is 0 Å². The molecular weight excluding hydrogens is 368 g/mol. The number of rotatable bonds is 3. The highest BCUT2D eigenvalue weighted by Crippen LogP contribution is 2.57. The van der Waals surface area contributed by atoms with Gasteiger partial charge in [0.1, 0.15) is 5.60 Å². The summed E-state index contributed by atoms with van der Waals surface area (Å²) in [5, 5.41) is 0.0663. The first kappa shape index (κ1) is 19.7. The molecule has 4 rings (SSSR count). The Morgan fingerprint density at radius 2 is 1.71 bits per heavy atom. The Morgan fingerprint density at radius 1 is 1.14 bits per heavy atom. The van der Waals surface area contributed by atoms with E-state index in [1.807, 2.05) is 19.1 Å². The summed E-state index contributed by atoms with van der Waals surface area (Å²) >= 11 is 0. The van der Waals surface area contributed by atoms with Gasteiger partial charge in [-0.2, -0.15) is 0 Å². The second-order valence-electron chi connectivity index (χ2n) is 10.2. The molecule has 0 N–H and O–H groups in total. The molecule has 1 fully saturated rings. The molecule has 2 aliphatic carbocycles. The fourth-order valence-corrected chi connectivity index (χ4v) is 6.07. The topological polar surface area (TPSA) is 55.9 Å². The minimum atomic E-state index is -2.04. The van der Waals surface area contributed by atoms with Gasteiger partial charge in [-0.25, -0.2) is 0 Å². The third kappa shape index (κ3) is 2.71. The molecule has 0 spiro atoms. The molecule has 3 aliphatic rings. The number of carbonyl (C=O) groups excluding carboxylic acids is 2. The zero-order chi connectivity index (χ0) is 20.6. The van der Waals surface area contributed by atoms with Crippen LogP contribution >= 0.6 is 0 Å². The van der Waals surface area contributed by atoms with Crippen LogP contribution in [0.25, 0.3) is 0 Å². The van der Waals surface area contributed by atoms with Gasteiger partial charge in [0.05, 0.1) is 12.2 Å². The molecular formula is C23H30O4Si. The molecule has 1 aromatic rings. The lowest BCUT2D eigenvalue weighted by Gasteiger charge is -2.43. The Bertz CT molecular complexity index is 907. The molecule has 0 radical (unpaired) electrons. The number of hydrogen-bond acceptors (Lipinski definition) is 4. The molecule has 1 heterocycles. The normalized spacial score (nSPS) is 30.5. The van der Waals surface area contributed by atoms with Gasteiger partial charge < -0.3 is 9.16 Å². The summed E-state index contributed by atoms with van der Waals surface area (Å²) in [7, 11) is -2.04. The average molecular weight is 399 g/mol. The number of ketones is 2. The molecule has 4 nitrogen and oxygen atoms in total. The van der Waals surface area contributed by atoms with Crippen LogP contribution < -0.4 is 0 Å². The van der Waals surface area contributed by atoms with Crippen molar-refractivity contribution in [1.29, 1.82) is 0 Å². The van der Waals surface area contributed by atoms with Crippen LogP contribution in [0.4, 0.5) is 0 Å². The fraction of sp³-hybridized carbons (Fsp3) is 0.565. The van der Waals surface area contributed by atoms with Crippen molar-refractivity contribution in [2.24, 2.45) is 5.92 Å². The maximum Gasteiger partial charge on any atom is 0.192 e. The van der Waals surface area contributed by atoms with Crippen molar-refractivity contribution in [2.45, 2.75) is 77.0 Å². The van der Waals surface area contributed by atoms with E-state index in [9.17, 15) is 9.59 Å². The predicted octanol–water partition coefficient (Wildman–Crippen LogP) is 4.95. The number of Topliss-reactive ketones (excluding diaryl/α,β-unsaturated/α-hetero) is 2. The monoisotopic (exact) mass is 398 g/mol. The van der Waals surface area contributed by atoms with Gasteiger partial charge in [-0.1, -0.05) is 45.0 Å². The summed E-state index contributed by atoms with van der Waals surface area (Å²) in [6, 6.07) is 7.15. The summed E-state index contributed by atoms with van der Waals surface area (Å²) < 4.78 is 12.8. The van der Waals surface area contributed by atoms with Crippen molar-refractivity contribution in [3.63, 3.8) is 0 Å². The molecule has 28 heavy (non-hydrogen) atoms. The molecule has 1 saturated heterocycles. The lowest BCUT2D eigenvalue weighted by molar-refractivity contribution is 0.0813. The van der Waals surface area contributed by atoms with Gasteiger partial charge >= 0.3 is 0 Å². The van der Waals surface area contributed by atoms with Crippen LogP contribution in [-0.4, -0.2) is 37.7 Å². The van der Waals surface area contributed by atoms with Crippen molar-refractivity contribution in [1.82, 2.24) is 0 Å². The van der Waals surface area contributed by atoms with E-state index in [4.69, 9.17) is 9.16 Å². The second-order valence-corrected chi connectivity index (χ2v) is 14.9. The molecule has 1 aliphatic heterocycles. The van der Waals surface area contributed by atoms with E-state index in [0.717, 1.165) is 0 Å². The van der Waals surface area contributed by atoms with Crippen LogP contribution in [0.3, 0.4) is 0 Å². The molecule has 0 saturated carbocycles. The van der Waals surface area contributed by atoms with Crippen molar-refractivity contribution < 1.29 is 18.8 Å². The summed E-state index contributed by atoms with van der Waals surface area (Å²) in [6.07, 6.45) is 0.320. The fourth-order valence-electron chi connectivity index (χ4n) is 4.65. The van der Waals surface area contributed by atoms with Crippen LogP contribution in [-0.2, 0) is 9.16 Å². The molecule has 0 unspecified atom stereocenters. The number of fused-ring (bicyclic) bond motifs is 2. The van der Waals surface area contributed by atoms with E-state index in [0.29, 0.717) is 28.7 Å². The van der Waals surface area contributed by atoms with E-state index in [-0.39, 0.29) is 34.7 Å². The van der Waals surface area contributed by atoms with Crippen LogP contribution in [0.1, 0.15) is 61.8 Å². The first-order chi connectivity index (χ1) is 12.9. The first-order valence-electron chi connectivity index (χ1n) is 10.2. The SMILES string of the molecule is C[C@@H](O[Si](C)(C)C(C)(C)C)[C@H]1C2=C(C[C@@H]3O[C@@]31C)C(=O)c1ccccc1C2=O. The van der Waals surface area contributed by atoms with Crippen LogP contribution in [0.5, 0.6) is 0 Å². The van der Waals surface area contributed by atoms with Gasteiger partial charge in [0.2, 0.25) is 0 Å². The molecule has 4 atom stereocenters. The number of ether oxygens (including phenoxy) is 1. The minimum absolute atomic E-state index is 0.0104. The standard InChI is InChI=1S/C23H30O4Si/c1-13(27-28(6,7)22(2,3)4)19-18-16(12-17-23(19,5)26-17)20(24)14-10-8-9-11-15(14)21(18)25/h8-11,13,17,19H,12H2,1-7H3/t13-,17+,19+,23+/m1/s1. The summed E-state index contributed by atoms with van der Waals surface area (Å²) in [5.74, 6) is -0.275. The summed E-state index contributed by atoms with van der Waals surface area (Å²) in [5.41, 5.74) is 1.87. The Morgan fingerprint density at radius 3 is 2.29 bits per heavy atom. The summed E-state index contributed by atoms with van der Waals surface area (Å²) in [4.78, 5) is 26.7. The number of carbonyl (C=O) groups is 2. The van der Waals surface area contributed by atoms with Gasteiger partial charge in [-0.3, -0.25) is 9.59 Å². The highest BCUT2D eigenvalue weighted by atomic mass is 28.4. The van der Waals surface area contributed by atoms with Crippen molar-refractivity contribution in [2.75, 3.05) is 0 Å². The van der Waals surface area contributed by atoms with Gasteiger partial charge in [0.15, 0.2) is 19.9 Å². The third-order valence-electron chi connectivity index (χ3n) is 7.31. The summed E-state index contributed by atoms with van der Waals surface area (Å²) in [6.45, 7) is 15.2. The van der Waals surface area contributed by atoms with E-state index in [1.54, 1.807) is 12.1 Å².